The van der Waals surface area contributed by atoms with E-state index in [9.17, 15) is 0 Å². The summed E-state index contributed by atoms with van der Waals surface area (Å²) in [4.78, 5) is 6.40. The molecule has 0 radical (unpaired) electrons. The van der Waals surface area contributed by atoms with Gasteiger partial charge in [-0.3, -0.25) is 0 Å². The van der Waals surface area contributed by atoms with E-state index in [1.54, 1.807) is 0 Å². The lowest BCUT2D eigenvalue weighted by molar-refractivity contribution is 0.340. The van der Waals surface area contributed by atoms with Crippen molar-refractivity contribution in [1.82, 2.24) is 10.2 Å². The third kappa shape index (κ3) is 7.23. The van der Waals surface area contributed by atoms with Crippen molar-refractivity contribution in [1.29, 1.82) is 0 Å². The predicted molar refractivity (Wildman–Crippen MR) is 99.3 cm³/mol. The van der Waals surface area contributed by atoms with Crippen LogP contribution in [0.2, 0.25) is 0 Å². The van der Waals surface area contributed by atoms with Gasteiger partial charge in [-0.1, -0.05) is 18.1 Å². The number of benzene rings is 1. The number of ether oxygens (including phenoxy) is 1. The second-order valence-corrected chi connectivity index (χ2v) is 4.31. The van der Waals surface area contributed by atoms with Crippen molar-refractivity contribution in [3.63, 3.8) is 0 Å². The molecule has 116 valence electrons. The van der Waals surface area contributed by atoms with Crippen molar-refractivity contribution in [3.8, 4) is 18.1 Å². The monoisotopic (exact) mass is 401 g/mol. The van der Waals surface area contributed by atoms with Crippen LogP contribution in [-0.2, 0) is 6.54 Å². The molecule has 0 aliphatic carbocycles. The van der Waals surface area contributed by atoms with E-state index in [0.717, 1.165) is 24.8 Å². The van der Waals surface area contributed by atoms with E-state index in [0.29, 0.717) is 13.2 Å². The second-order valence-electron chi connectivity index (χ2n) is 4.31. The van der Waals surface area contributed by atoms with Crippen molar-refractivity contribution in [2.75, 3.05) is 26.7 Å². The molecule has 0 aromatic heterocycles. The van der Waals surface area contributed by atoms with E-state index in [1.165, 1.54) is 5.56 Å². The average molecular weight is 401 g/mol. The zero-order chi connectivity index (χ0) is 14.8. The Morgan fingerprint density at radius 1 is 1.33 bits per heavy atom. The molecule has 0 heterocycles. The molecule has 1 rings (SSSR count). The first-order valence-corrected chi connectivity index (χ1v) is 6.85. The van der Waals surface area contributed by atoms with Gasteiger partial charge in [0.15, 0.2) is 5.96 Å². The number of terminal acetylenes is 1. The van der Waals surface area contributed by atoms with Crippen LogP contribution in [0.15, 0.2) is 29.3 Å². The molecule has 21 heavy (non-hydrogen) atoms. The van der Waals surface area contributed by atoms with E-state index >= 15 is 0 Å². The molecule has 0 bridgehead atoms. The van der Waals surface area contributed by atoms with Gasteiger partial charge in [0, 0.05) is 20.1 Å². The van der Waals surface area contributed by atoms with E-state index in [1.807, 2.05) is 33.0 Å². The Labute approximate surface area is 145 Å². The molecular weight excluding hydrogens is 377 g/mol. The van der Waals surface area contributed by atoms with E-state index in [2.05, 4.69) is 33.3 Å². The molecular formula is C16H24IN3O. The van der Waals surface area contributed by atoms with Crippen molar-refractivity contribution in [2.45, 2.75) is 20.4 Å². The lowest BCUT2D eigenvalue weighted by Crippen LogP contribution is -2.38. The van der Waals surface area contributed by atoms with Crippen LogP contribution in [0, 0.1) is 12.3 Å². The maximum atomic E-state index is 5.43. The van der Waals surface area contributed by atoms with Crippen LogP contribution in [0.3, 0.4) is 0 Å². The molecule has 0 spiro atoms. The predicted octanol–water partition coefficient (Wildman–Crippen LogP) is 2.73. The van der Waals surface area contributed by atoms with Gasteiger partial charge in [-0.15, -0.1) is 30.4 Å². The lowest BCUT2D eigenvalue weighted by atomic mass is 10.2. The molecule has 0 saturated heterocycles. The van der Waals surface area contributed by atoms with Crippen LogP contribution in [-0.4, -0.2) is 37.6 Å². The first-order valence-electron chi connectivity index (χ1n) is 6.85. The lowest BCUT2D eigenvalue weighted by Gasteiger charge is -2.22. The summed E-state index contributed by atoms with van der Waals surface area (Å²) in [5, 5.41) is 3.22. The minimum atomic E-state index is 0. The van der Waals surface area contributed by atoms with Crippen molar-refractivity contribution >= 4 is 29.9 Å². The molecule has 1 aromatic carbocycles. The van der Waals surface area contributed by atoms with Gasteiger partial charge in [-0.25, -0.2) is 4.99 Å². The number of nitrogens with one attached hydrogen (secondary N) is 1. The highest BCUT2D eigenvalue weighted by Gasteiger charge is 2.06. The highest BCUT2D eigenvalue weighted by atomic mass is 127. The molecule has 1 aromatic rings. The topological polar surface area (TPSA) is 36.9 Å². The molecule has 0 saturated carbocycles. The van der Waals surface area contributed by atoms with Gasteiger partial charge < -0.3 is 15.0 Å². The van der Waals surface area contributed by atoms with E-state index in [4.69, 9.17) is 11.2 Å². The Balaban J connectivity index is 0.00000400. The van der Waals surface area contributed by atoms with Crippen LogP contribution in [0.4, 0.5) is 0 Å². The summed E-state index contributed by atoms with van der Waals surface area (Å²) < 4.78 is 5.43. The number of hydrogen-bond donors (Lipinski definition) is 1. The fourth-order valence-electron chi connectivity index (χ4n) is 1.80. The number of aliphatic imine (C=N–C) groups is 1. The Bertz CT molecular complexity index is 465. The van der Waals surface area contributed by atoms with Crippen LogP contribution >= 0.6 is 24.0 Å². The Kier molecular flexibility index (Phi) is 10.5. The third-order valence-corrected chi connectivity index (χ3v) is 2.67. The number of guanidine groups is 1. The first-order chi connectivity index (χ1) is 9.71. The van der Waals surface area contributed by atoms with Crippen molar-refractivity contribution in [3.05, 3.63) is 29.8 Å². The molecule has 0 fully saturated rings. The van der Waals surface area contributed by atoms with Crippen molar-refractivity contribution in [2.24, 2.45) is 4.99 Å². The van der Waals surface area contributed by atoms with Crippen LogP contribution in [0.1, 0.15) is 19.4 Å². The Morgan fingerprint density at radius 3 is 2.52 bits per heavy atom. The fraction of sp³-hybridized carbons (Fsp3) is 0.438. The summed E-state index contributed by atoms with van der Waals surface area (Å²) in [6.45, 7) is 6.67. The van der Waals surface area contributed by atoms with Gasteiger partial charge in [-0.05, 0) is 31.5 Å². The van der Waals surface area contributed by atoms with Crippen LogP contribution in [0.25, 0.3) is 0 Å². The number of halogens is 1. The standard InChI is InChI=1S/C16H23N3O.HI/c1-5-12-18-16(17-6-2)19(4)13-14-8-10-15(11-9-14)20-7-3;/h1,8-11H,6-7,12-13H2,2-4H3,(H,17,18);1H. The highest BCUT2D eigenvalue weighted by Crippen LogP contribution is 2.13. The molecule has 0 unspecified atom stereocenters. The summed E-state index contributed by atoms with van der Waals surface area (Å²) in [6, 6.07) is 8.09. The zero-order valence-corrected chi connectivity index (χ0v) is 15.3. The summed E-state index contributed by atoms with van der Waals surface area (Å²) >= 11 is 0. The molecule has 0 atom stereocenters. The maximum Gasteiger partial charge on any atom is 0.194 e. The second kappa shape index (κ2) is 11.3. The SMILES string of the molecule is C#CCN=C(NCC)N(C)Cc1ccc(OCC)cc1.I. The smallest absolute Gasteiger partial charge is 0.194 e. The minimum Gasteiger partial charge on any atom is -0.494 e. The van der Waals surface area contributed by atoms with Gasteiger partial charge in [0.2, 0.25) is 0 Å². The van der Waals surface area contributed by atoms with Gasteiger partial charge in [0.05, 0.1) is 6.61 Å². The van der Waals surface area contributed by atoms with E-state index in [-0.39, 0.29) is 24.0 Å². The number of nitrogens with zero attached hydrogens (tertiary/aromatic N) is 2. The molecule has 4 nitrogen and oxygen atoms in total. The normalized spacial score (nSPS) is 10.3. The molecule has 0 aliphatic rings. The summed E-state index contributed by atoms with van der Waals surface area (Å²) in [7, 11) is 1.99. The fourth-order valence-corrected chi connectivity index (χ4v) is 1.80. The average Bonchev–Trinajstić information content (AvgIpc) is 2.45. The highest BCUT2D eigenvalue weighted by molar-refractivity contribution is 14.0. The summed E-state index contributed by atoms with van der Waals surface area (Å²) in [6.07, 6.45) is 5.25. The van der Waals surface area contributed by atoms with Crippen LogP contribution in [0.5, 0.6) is 5.75 Å². The zero-order valence-electron chi connectivity index (χ0n) is 12.9. The molecule has 1 N–H and O–H groups in total. The van der Waals surface area contributed by atoms with Gasteiger partial charge in [0.1, 0.15) is 12.3 Å². The van der Waals surface area contributed by atoms with Gasteiger partial charge in [0.25, 0.3) is 0 Å². The quantitative estimate of drug-likeness (QED) is 0.345. The number of hydrogen-bond acceptors (Lipinski definition) is 2. The minimum absolute atomic E-state index is 0. The Morgan fingerprint density at radius 2 is 2.00 bits per heavy atom. The van der Waals surface area contributed by atoms with Gasteiger partial charge in [-0.2, -0.15) is 0 Å². The maximum absolute atomic E-state index is 5.43. The van der Waals surface area contributed by atoms with Crippen molar-refractivity contribution < 1.29 is 4.74 Å². The third-order valence-electron chi connectivity index (χ3n) is 2.67. The molecule has 0 amide bonds. The van der Waals surface area contributed by atoms with E-state index < -0.39 is 0 Å². The molecule has 0 aliphatic heterocycles. The number of rotatable bonds is 6. The van der Waals surface area contributed by atoms with Gasteiger partial charge >= 0.3 is 0 Å². The summed E-state index contributed by atoms with van der Waals surface area (Å²) in [5.74, 6) is 4.24. The first kappa shape index (κ1) is 19.6. The molecule has 5 heteroatoms. The Hall–Kier alpha value is -1.42. The van der Waals surface area contributed by atoms with Crippen LogP contribution < -0.4 is 10.1 Å². The largest absolute Gasteiger partial charge is 0.494 e. The summed E-state index contributed by atoms with van der Waals surface area (Å²) in [5.41, 5.74) is 1.20.